The molecular formula is C12H21N3O7. The number of aliphatic hydroxyl groups is 2. The highest BCUT2D eigenvalue weighted by atomic mass is 17.2. The smallest absolute Gasteiger partial charge is 0.336 e. The van der Waals surface area contributed by atoms with Gasteiger partial charge in [-0.15, -0.1) is 0 Å². The van der Waals surface area contributed by atoms with Crippen molar-refractivity contribution in [3.63, 3.8) is 0 Å². The Balaban J connectivity index is 3.11. The summed E-state index contributed by atoms with van der Waals surface area (Å²) in [6, 6.07) is 0. The molecule has 22 heavy (non-hydrogen) atoms. The molecule has 1 rings (SSSR count). The van der Waals surface area contributed by atoms with E-state index in [9.17, 15) is 14.4 Å². The van der Waals surface area contributed by atoms with Crippen LogP contribution in [-0.2, 0) is 29.4 Å². The van der Waals surface area contributed by atoms with Crippen LogP contribution < -0.4 is 17.1 Å². The van der Waals surface area contributed by atoms with Crippen LogP contribution in [0, 0.1) is 0 Å². The van der Waals surface area contributed by atoms with Crippen molar-refractivity contribution in [3.8, 4) is 0 Å². The molecular weight excluding hydrogens is 298 g/mol. The minimum atomic E-state index is -0.863. The van der Waals surface area contributed by atoms with Crippen molar-refractivity contribution in [2.75, 3.05) is 26.4 Å². The summed E-state index contributed by atoms with van der Waals surface area (Å²) in [6.45, 7) is 0.780. The van der Waals surface area contributed by atoms with Crippen molar-refractivity contribution in [1.29, 1.82) is 0 Å². The van der Waals surface area contributed by atoms with Crippen molar-refractivity contribution in [2.24, 2.45) is 0 Å². The third-order valence-electron chi connectivity index (χ3n) is 2.80. The fourth-order valence-corrected chi connectivity index (χ4v) is 1.79. The second kappa shape index (κ2) is 9.30. The van der Waals surface area contributed by atoms with Crippen LogP contribution in [0.25, 0.3) is 0 Å². The molecule has 0 aliphatic heterocycles. The van der Waals surface area contributed by atoms with E-state index in [2.05, 4.69) is 0 Å². The van der Waals surface area contributed by atoms with Gasteiger partial charge in [-0.3, -0.25) is 0 Å². The molecule has 10 heteroatoms. The second-order valence-corrected chi connectivity index (χ2v) is 4.39. The van der Waals surface area contributed by atoms with E-state index >= 15 is 0 Å². The van der Waals surface area contributed by atoms with E-state index < -0.39 is 30.3 Å². The van der Waals surface area contributed by atoms with E-state index in [1.54, 1.807) is 0 Å². The SMILES string of the molecule is CCCOOCCn1c(=O)n(CCO)c(=O)n(CCO)c1=O. The molecule has 1 aromatic rings. The van der Waals surface area contributed by atoms with Crippen LogP contribution in [0.15, 0.2) is 14.4 Å². The zero-order chi connectivity index (χ0) is 16.5. The van der Waals surface area contributed by atoms with E-state index in [-0.39, 0.29) is 26.2 Å². The van der Waals surface area contributed by atoms with E-state index in [1.807, 2.05) is 6.92 Å². The molecule has 0 fully saturated rings. The largest absolute Gasteiger partial charge is 0.395 e. The minimum Gasteiger partial charge on any atom is -0.395 e. The Kier molecular flexibility index (Phi) is 7.74. The quantitative estimate of drug-likeness (QED) is 0.278. The third kappa shape index (κ3) is 4.37. The first-order valence-corrected chi connectivity index (χ1v) is 6.99. The van der Waals surface area contributed by atoms with Crippen molar-refractivity contribution in [3.05, 3.63) is 31.5 Å². The maximum Gasteiger partial charge on any atom is 0.336 e. The molecule has 0 aliphatic rings. The van der Waals surface area contributed by atoms with Crippen LogP contribution in [0.3, 0.4) is 0 Å². The summed E-state index contributed by atoms with van der Waals surface area (Å²) in [5, 5.41) is 17.9. The summed E-state index contributed by atoms with van der Waals surface area (Å²) in [5.41, 5.74) is -2.54. The molecule has 0 atom stereocenters. The van der Waals surface area contributed by atoms with Gasteiger partial charge in [0.1, 0.15) is 6.61 Å². The lowest BCUT2D eigenvalue weighted by atomic mass is 10.5. The molecule has 0 aromatic carbocycles. The second-order valence-electron chi connectivity index (χ2n) is 4.39. The Morgan fingerprint density at radius 1 is 0.773 bits per heavy atom. The summed E-state index contributed by atoms with van der Waals surface area (Å²) >= 11 is 0. The number of hydrogen-bond acceptors (Lipinski definition) is 7. The minimum absolute atomic E-state index is 0.0500. The molecule has 0 unspecified atom stereocenters. The van der Waals surface area contributed by atoms with Crippen LogP contribution in [-0.4, -0.2) is 50.3 Å². The number of aromatic nitrogens is 3. The molecule has 10 nitrogen and oxygen atoms in total. The van der Waals surface area contributed by atoms with Gasteiger partial charge in [-0.05, 0) is 6.42 Å². The molecule has 1 aromatic heterocycles. The highest BCUT2D eigenvalue weighted by Gasteiger charge is 2.14. The Hall–Kier alpha value is -1.75. The van der Waals surface area contributed by atoms with Gasteiger partial charge >= 0.3 is 17.1 Å². The molecule has 0 saturated heterocycles. The number of aliphatic hydroxyl groups excluding tert-OH is 2. The standard InChI is InChI=1S/C12H21N3O7/c1-2-8-21-22-9-5-15-11(19)13(3-6-16)10(18)14(4-7-17)12(15)20/h16-17H,2-9H2,1H3. The summed E-state index contributed by atoms with van der Waals surface area (Å²) in [7, 11) is 0. The topological polar surface area (TPSA) is 125 Å². The lowest BCUT2D eigenvalue weighted by Gasteiger charge is -2.12. The van der Waals surface area contributed by atoms with E-state index in [0.717, 1.165) is 20.1 Å². The Morgan fingerprint density at radius 2 is 1.18 bits per heavy atom. The molecule has 0 amide bonds. The Bertz CT molecular complexity index is 587. The number of nitrogens with zero attached hydrogens (tertiary/aromatic N) is 3. The first kappa shape index (κ1) is 18.3. The Morgan fingerprint density at radius 3 is 1.59 bits per heavy atom. The maximum absolute atomic E-state index is 12.1. The maximum atomic E-state index is 12.1. The molecule has 2 N–H and O–H groups in total. The molecule has 0 saturated carbocycles. The van der Waals surface area contributed by atoms with Gasteiger partial charge in [0.2, 0.25) is 0 Å². The fourth-order valence-electron chi connectivity index (χ4n) is 1.79. The van der Waals surface area contributed by atoms with Gasteiger partial charge in [0.05, 0.1) is 39.5 Å². The van der Waals surface area contributed by atoms with E-state index in [4.69, 9.17) is 20.0 Å². The Labute approximate surface area is 125 Å². The molecule has 1 heterocycles. The van der Waals surface area contributed by atoms with Crippen LogP contribution >= 0.6 is 0 Å². The highest BCUT2D eigenvalue weighted by Crippen LogP contribution is 1.84. The summed E-state index contributed by atoms with van der Waals surface area (Å²) in [4.78, 5) is 45.8. The molecule has 126 valence electrons. The number of rotatable bonds is 10. The molecule has 0 bridgehead atoms. The van der Waals surface area contributed by atoms with E-state index in [1.165, 1.54) is 0 Å². The van der Waals surface area contributed by atoms with Gasteiger partial charge in [0.25, 0.3) is 0 Å². The lowest BCUT2D eigenvalue weighted by molar-refractivity contribution is -0.295. The predicted octanol–water partition coefficient (Wildman–Crippen LogP) is -2.49. The summed E-state index contributed by atoms with van der Waals surface area (Å²) in [6.07, 6.45) is 0.755. The van der Waals surface area contributed by atoms with Crippen LogP contribution in [0.4, 0.5) is 0 Å². The predicted molar refractivity (Wildman–Crippen MR) is 75.6 cm³/mol. The fraction of sp³-hybridized carbons (Fsp3) is 0.750. The van der Waals surface area contributed by atoms with Crippen LogP contribution in [0.1, 0.15) is 13.3 Å². The summed E-state index contributed by atoms with van der Waals surface area (Å²) < 4.78 is 2.29. The first-order valence-electron chi connectivity index (χ1n) is 6.99. The van der Waals surface area contributed by atoms with Gasteiger partial charge in [0.15, 0.2) is 0 Å². The molecule has 0 spiro atoms. The van der Waals surface area contributed by atoms with Gasteiger partial charge in [-0.25, -0.2) is 37.9 Å². The van der Waals surface area contributed by atoms with Crippen LogP contribution in [0.2, 0.25) is 0 Å². The van der Waals surface area contributed by atoms with Crippen molar-refractivity contribution in [1.82, 2.24) is 13.7 Å². The van der Waals surface area contributed by atoms with Crippen LogP contribution in [0.5, 0.6) is 0 Å². The lowest BCUT2D eigenvalue weighted by Crippen LogP contribution is -2.55. The summed E-state index contributed by atoms with van der Waals surface area (Å²) in [5.74, 6) is 0. The van der Waals surface area contributed by atoms with Gasteiger partial charge < -0.3 is 10.2 Å². The number of hydrogen-bond donors (Lipinski definition) is 2. The third-order valence-corrected chi connectivity index (χ3v) is 2.80. The van der Waals surface area contributed by atoms with Gasteiger partial charge in [-0.2, -0.15) is 0 Å². The van der Waals surface area contributed by atoms with Gasteiger partial charge in [0, 0.05) is 0 Å². The van der Waals surface area contributed by atoms with Crippen molar-refractivity contribution < 1.29 is 20.0 Å². The normalized spacial score (nSPS) is 11.0. The average Bonchev–Trinajstić information content (AvgIpc) is 2.51. The zero-order valence-corrected chi connectivity index (χ0v) is 12.4. The molecule has 0 aliphatic carbocycles. The zero-order valence-electron chi connectivity index (χ0n) is 12.4. The van der Waals surface area contributed by atoms with Gasteiger partial charge in [-0.1, -0.05) is 6.92 Å². The average molecular weight is 319 g/mol. The first-order chi connectivity index (χ1) is 10.6. The van der Waals surface area contributed by atoms with Crippen molar-refractivity contribution in [2.45, 2.75) is 33.0 Å². The van der Waals surface area contributed by atoms with E-state index in [0.29, 0.717) is 6.61 Å². The highest BCUT2D eigenvalue weighted by molar-refractivity contribution is 4.79. The van der Waals surface area contributed by atoms with Crippen molar-refractivity contribution >= 4 is 0 Å². The monoisotopic (exact) mass is 319 g/mol. The molecule has 0 radical (unpaired) electrons.